The van der Waals surface area contributed by atoms with Crippen LogP contribution in [0.2, 0.25) is 0 Å². The minimum absolute atomic E-state index is 0.276. The molecule has 0 aliphatic heterocycles. The maximum absolute atomic E-state index is 9.81. The molecule has 0 amide bonds. The predicted octanol–water partition coefficient (Wildman–Crippen LogP) is 5.89. The summed E-state index contributed by atoms with van der Waals surface area (Å²) < 4.78 is 0. The van der Waals surface area contributed by atoms with Crippen molar-refractivity contribution in [2.45, 2.75) is 51.4 Å². The zero-order chi connectivity index (χ0) is 16.3. The van der Waals surface area contributed by atoms with E-state index in [1.54, 1.807) is 0 Å². The monoisotopic (exact) mass is 303 g/mol. The van der Waals surface area contributed by atoms with Crippen molar-refractivity contribution in [1.82, 2.24) is 0 Å². The summed E-state index contributed by atoms with van der Waals surface area (Å²) in [6, 6.07) is 20.1. The zero-order valence-corrected chi connectivity index (χ0v) is 14.2. The molecule has 0 spiro atoms. The van der Waals surface area contributed by atoms with Crippen LogP contribution in [0.1, 0.15) is 50.7 Å². The molecular formula is C22H25N. The van der Waals surface area contributed by atoms with Gasteiger partial charge in [0.15, 0.2) is 0 Å². The van der Waals surface area contributed by atoms with Gasteiger partial charge in [-0.2, -0.15) is 5.26 Å². The first kappa shape index (κ1) is 15.8. The predicted molar refractivity (Wildman–Crippen MR) is 96.2 cm³/mol. The molecule has 2 unspecified atom stereocenters. The highest BCUT2D eigenvalue weighted by Gasteiger charge is 2.36. The minimum Gasteiger partial charge on any atom is -0.197 e. The van der Waals surface area contributed by atoms with Crippen LogP contribution in [0.15, 0.2) is 48.5 Å². The summed E-state index contributed by atoms with van der Waals surface area (Å²) in [6.45, 7) is 4.45. The van der Waals surface area contributed by atoms with Gasteiger partial charge in [-0.3, -0.25) is 0 Å². The molecule has 2 aromatic carbocycles. The lowest BCUT2D eigenvalue weighted by Gasteiger charge is -2.34. The van der Waals surface area contributed by atoms with E-state index in [2.05, 4.69) is 68.4 Å². The van der Waals surface area contributed by atoms with Crippen molar-refractivity contribution < 1.29 is 0 Å². The van der Waals surface area contributed by atoms with Gasteiger partial charge in [0.1, 0.15) is 0 Å². The zero-order valence-electron chi connectivity index (χ0n) is 14.2. The summed E-state index contributed by atoms with van der Waals surface area (Å²) in [6.07, 6.45) is 5.48. The van der Waals surface area contributed by atoms with Gasteiger partial charge >= 0.3 is 0 Å². The third-order valence-electron chi connectivity index (χ3n) is 5.34. The second kappa shape index (κ2) is 6.59. The lowest BCUT2D eigenvalue weighted by atomic mass is 9.67. The van der Waals surface area contributed by atoms with Crippen molar-refractivity contribution in [2.24, 2.45) is 5.92 Å². The molecule has 1 heteroatoms. The third kappa shape index (κ3) is 3.17. The normalized spacial score (nSPS) is 24.1. The van der Waals surface area contributed by atoms with E-state index in [-0.39, 0.29) is 5.41 Å². The number of nitrogens with zero attached hydrogens (tertiary/aromatic N) is 1. The van der Waals surface area contributed by atoms with E-state index in [9.17, 15) is 5.26 Å². The maximum Gasteiger partial charge on any atom is 0.0825 e. The van der Waals surface area contributed by atoms with Gasteiger partial charge in [0.2, 0.25) is 0 Å². The van der Waals surface area contributed by atoms with Crippen molar-refractivity contribution in [3.8, 4) is 17.2 Å². The van der Waals surface area contributed by atoms with E-state index < -0.39 is 0 Å². The Hall–Kier alpha value is -2.07. The first-order valence-corrected chi connectivity index (χ1v) is 8.78. The Labute approximate surface area is 140 Å². The topological polar surface area (TPSA) is 23.8 Å². The number of nitriles is 1. The van der Waals surface area contributed by atoms with Crippen molar-refractivity contribution >= 4 is 0 Å². The molecule has 0 heterocycles. The van der Waals surface area contributed by atoms with Gasteiger partial charge < -0.3 is 0 Å². The molecule has 1 fully saturated rings. The van der Waals surface area contributed by atoms with E-state index in [1.807, 2.05) is 0 Å². The number of benzene rings is 2. The molecule has 1 saturated carbocycles. The fourth-order valence-electron chi connectivity index (χ4n) is 3.89. The molecule has 1 aliphatic rings. The Morgan fingerprint density at radius 3 is 2.17 bits per heavy atom. The van der Waals surface area contributed by atoms with Crippen molar-refractivity contribution in [1.29, 1.82) is 5.26 Å². The van der Waals surface area contributed by atoms with E-state index in [4.69, 9.17) is 0 Å². The SMILES string of the molecule is CCc1ccc(-c2ccc(C3(C#N)CCCC(C)C3)cc2)cc1. The lowest BCUT2D eigenvalue weighted by Crippen LogP contribution is -2.30. The van der Waals surface area contributed by atoms with Crippen LogP contribution in [0, 0.1) is 17.2 Å². The van der Waals surface area contributed by atoms with E-state index in [0.717, 1.165) is 25.7 Å². The van der Waals surface area contributed by atoms with Gasteiger partial charge in [-0.05, 0) is 47.4 Å². The summed E-state index contributed by atoms with van der Waals surface area (Å²) in [5.41, 5.74) is 4.76. The molecule has 118 valence electrons. The highest BCUT2D eigenvalue weighted by molar-refractivity contribution is 5.64. The van der Waals surface area contributed by atoms with Crippen molar-refractivity contribution in [2.75, 3.05) is 0 Å². The molecule has 23 heavy (non-hydrogen) atoms. The van der Waals surface area contributed by atoms with Crippen LogP contribution in [0.25, 0.3) is 11.1 Å². The average Bonchev–Trinajstić information content (AvgIpc) is 2.62. The quantitative estimate of drug-likeness (QED) is 0.693. The van der Waals surface area contributed by atoms with Crippen LogP contribution in [-0.2, 0) is 11.8 Å². The van der Waals surface area contributed by atoms with Crippen molar-refractivity contribution in [3.05, 3.63) is 59.7 Å². The molecule has 3 rings (SSSR count). The summed E-state index contributed by atoms with van der Waals surface area (Å²) in [5.74, 6) is 0.643. The second-order valence-electron chi connectivity index (χ2n) is 7.02. The summed E-state index contributed by atoms with van der Waals surface area (Å²) in [5, 5.41) is 9.81. The molecule has 0 N–H and O–H groups in total. The largest absolute Gasteiger partial charge is 0.197 e. The van der Waals surface area contributed by atoms with Gasteiger partial charge in [-0.15, -0.1) is 0 Å². The van der Waals surface area contributed by atoms with Crippen LogP contribution in [-0.4, -0.2) is 0 Å². The Bertz CT molecular complexity index is 690. The van der Waals surface area contributed by atoms with Crippen LogP contribution >= 0.6 is 0 Å². The Kier molecular flexibility index (Phi) is 4.53. The number of hydrogen-bond acceptors (Lipinski definition) is 1. The van der Waals surface area contributed by atoms with Crippen LogP contribution in [0.3, 0.4) is 0 Å². The molecular weight excluding hydrogens is 278 g/mol. The maximum atomic E-state index is 9.81. The average molecular weight is 303 g/mol. The van der Waals surface area contributed by atoms with Crippen LogP contribution in [0.4, 0.5) is 0 Å². The van der Waals surface area contributed by atoms with Gasteiger partial charge in [-0.1, -0.05) is 75.2 Å². The molecule has 1 aliphatic carbocycles. The fourth-order valence-corrected chi connectivity index (χ4v) is 3.89. The van der Waals surface area contributed by atoms with Crippen LogP contribution < -0.4 is 0 Å². The number of aryl methyl sites for hydroxylation is 1. The molecule has 0 bridgehead atoms. The number of rotatable bonds is 3. The Morgan fingerprint density at radius 2 is 1.65 bits per heavy atom. The number of hydrogen-bond donors (Lipinski definition) is 0. The van der Waals surface area contributed by atoms with Crippen LogP contribution in [0.5, 0.6) is 0 Å². The second-order valence-corrected chi connectivity index (χ2v) is 7.02. The summed E-state index contributed by atoms with van der Waals surface area (Å²) >= 11 is 0. The van der Waals surface area contributed by atoms with E-state index in [0.29, 0.717) is 5.92 Å². The standard InChI is InChI=1S/C22H25N/c1-3-18-6-8-19(9-7-18)20-10-12-21(13-11-20)22(16-23)14-4-5-17(2)15-22/h6-13,17H,3-5,14-15H2,1-2H3. The lowest BCUT2D eigenvalue weighted by molar-refractivity contribution is 0.287. The molecule has 2 aromatic rings. The molecule has 0 radical (unpaired) electrons. The summed E-state index contributed by atoms with van der Waals surface area (Å²) in [7, 11) is 0. The molecule has 1 nitrogen and oxygen atoms in total. The smallest absolute Gasteiger partial charge is 0.0825 e. The first-order chi connectivity index (χ1) is 11.2. The summed E-state index contributed by atoms with van der Waals surface area (Å²) in [4.78, 5) is 0. The first-order valence-electron chi connectivity index (χ1n) is 8.78. The molecule has 2 atom stereocenters. The molecule has 0 saturated heterocycles. The van der Waals surface area contributed by atoms with E-state index in [1.165, 1.54) is 28.7 Å². The Morgan fingerprint density at radius 1 is 1.04 bits per heavy atom. The van der Waals surface area contributed by atoms with Gasteiger partial charge in [-0.25, -0.2) is 0 Å². The Balaban J connectivity index is 1.87. The third-order valence-corrected chi connectivity index (χ3v) is 5.34. The molecule has 0 aromatic heterocycles. The fraction of sp³-hybridized carbons (Fsp3) is 0.409. The van der Waals surface area contributed by atoms with Gasteiger partial charge in [0, 0.05) is 0 Å². The highest BCUT2D eigenvalue weighted by Crippen LogP contribution is 2.41. The van der Waals surface area contributed by atoms with E-state index >= 15 is 0 Å². The van der Waals surface area contributed by atoms with Crippen molar-refractivity contribution in [3.63, 3.8) is 0 Å². The minimum atomic E-state index is -0.276. The van der Waals surface area contributed by atoms with Gasteiger partial charge in [0.25, 0.3) is 0 Å². The highest BCUT2D eigenvalue weighted by atomic mass is 14.4. The van der Waals surface area contributed by atoms with Gasteiger partial charge in [0.05, 0.1) is 11.5 Å².